The number of aromatic nitrogens is 5. The van der Waals surface area contributed by atoms with E-state index in [4.69, 9.17) is 0 Å². The Hall–Kier alpha value is -2.36. The van der Waals surface area contributed by atoms with E-state index in [2.05, 4.69) is 43.7 Å². The molecule has 0 saturated carbocycles. The van der Waals surface area contributed by atoms with Gasteiger partial charge in [0.05, 0.1) is 12.7 Å². The van der Waals surface area contributed by atoms with Gasteiger partial charge in [0, 0.05) is 5.56 Å². The van der Waals surface area contributed by atoms with Crippen molar-refractivity contribution in [2.24, 2.45) is 0 Å². The summed E-state index contributed by atoms with van der Waals surface area (Å²) in [6, 6.07) is 6.86. The minimum atomic E-state index is -4.65. The van der Waals surface area contributed by atoms with E-state index in [0.29, 0.717) is 12.1 Å². The third-order valence-electron chi connectivity index (χ3n) is 3.37. The number of benzene rings is 1. The Bertz CT molecular complexity index is 864. The van der Waals surface area contributed by atoms with Gasteiger partial charge in [0.15, 0.2) is 0 Å². The van der Waals surface area contributed by atoms with Gasteiger partial charge < -0.3 is 4.52 Å². The van der Waals surface area contributed by atoms with E-state index in [9.17, 15) is 13.2 Å². The van der Waals surface area contributed by atoms with Crippen molar-refractivity contribution in [3.63, 3.8) is 0 Å². The molecule has 10 heteroatoms. The molecule has 0 unspecified atom stereocenters. The summed E-state index contributed by atoms with van der Waals surface area (Å²) in [4.78, 5) is 3.37. The van der Waals surface area contributed by atoms with Crippen molar-refractivity contribution < 1.29 is 17.7 Å². The smallest absolute Gasteiger partial charge is 0.329 e. The fourth-order valence-corrected chi connectivity index (χ4v) is 2.76. The van der Waals surface area contributed by atoms with Crippen LogP contribution in [0.15, 0.2) is 40.0 Å². The number of hydrogen-bond donors (Lipinski definition) is 0. The molecule has 3 rings (SSSR count). The zero-order valence-corrected chi connectivity index (χ0v) is 14.6. The lowest BCUT2D eigenvalue weighted by Crippen LogP contribution is -2.04. The molecule has 0 amide bonds. The first-order chi connectivity index (χ1) is 11.6. The zero-order chi connectivity index (χ0) is 18.2. The second-order valence-corrected chi connectivity index (χ2v) is 10.3. The molecule has 0 aliphatic rings. The highest BCUT2D eigenvalue weighted by Crippen LogP contribution is 2.43. The van der Waals surface area contributed by atoms with Crippen molar-refractivity contribution in [2.75, 3.05) is 18.8 Å². The Morgan fingerprint density at radius 1 is 1.12 bits per heavy atom. The molecule has 0 aliphatic carbocycles. The van der Waals surface area contributed by atoms with E-state index in [1.165, 1.54) is 0 Å². The molecule has 1 aromatic carbocycles. The topological polar surface area (TPSA) is 69.6 Å². The van der Waals surface area contributed by atoms with Crippen LogP contribution in [-0.2, 0) is 12.7 Å². The Balaban J connectivity index is 1.74. The Kier molecular flexibility index (Phi) is 4.31. The van der Waals surface area contributed by atoms with Gasteiger partial charge in [-0.15, -0.1) is 5.10 Å². The number of nitrogens with zero attached hydrogens (tertiary/aromatic N) is 5. The maximum absolute atomic E-state index is 12.5. The van der Waals surface area contributed by atoms with Crippen molar-refractivity contribution in [3.05, 3.63) is 41.9 Å². The van der Waals surface area contributed by atoms with Gasteiger partial charge in [-0.25, -0.2) is 14.7 Å². The lowest BCUT2D eigenvalue weighted by Gasteiger charge is -2.20. The van der Waals surface area contributed by atoms with Crippen LogP contribution in [0.5, 0.6) is 0 Å². The van der Waals surface area contributed by atoms with Crippen LogP contribution >= 0.6 is 10.0 Å². The van der Waals surface area contributed by atoms with Crippen LogP contribution in [0.3, 0.4) is 0 Å². The Morgan fingerprint density at radius 2 is 1.80 bits per heavy atom. The number of hydrogen-bond acceptors (Lipinski definition) is 5. The molecule has 6 nitrogen and oxygen atoms in total. The predicted molar refractivity (Wildman–Crippen MR) is 87.5 cm³/mol. The van der Waals surface area contributed by atoms with Crippen molar-refractivity contribution in [2.45, 2.75) is 17.7 Å². The second-order valence-electron chi connectivity index (χ2n) is 6.21. The van der Waals surface area contributed by atoms with E-state index < -0.39 is 22.1 Å². The van der Waals surface area contributed by atoms with E-state index in [1.807, 2.05) is 6.20 Å². The molecule has 0 fully saturated rings. The van der Waals surface area contributed by atoms with Gasteiger partial charge in [0.25, 0.3) is 0 Å². The van der Waals surface area contributed by atoms with Gasteiger partial charge in [-0.05, 0) is 24.3 Å². The van der Waals surface area contributed by atoms with Gasteiger partial charge in [-0.1, -0.05) is 34.6 Å². The van der Waals surface area contributed by atoms with Gasteiger partial charge in [-0.3, -0.25) is 0 Å². The van der Waals surface area contributed by atoms with Crippen molar-refractivity contribution in [1.82, 2.24) is 25.1 Å². The van der Waals surface area contributed by atoms with Gasteiger partial charge in [0.2, 0.25) is 5.82 Å². The molecule has 0 atom stereocenters. The molecular formula is C15H16F3N5OS. The summed E-state index contributed by atoms with van der Waals surface area (Å²) >= 11 is 0. The van der Waals surface area contributed by atoms with Crippen LogP contribution in [-0.4, -0.2) is 43.9 Å². The Labute approximate surface area is 143 Å². The van der Waals surface area contributed by atoms with Crippen LogP contribution in [0.2, 0.25) is 0 Å². The van der Waals surface area contributed by atoms with Crippen molar-refractivity contribution in [1.29, 1.82) is 0 Å². The third-order valence-corrected chi connectivity index (χ3v) is 4.81. The fourth-order valence-electron chi connectivity index (χ4n) is 2.04. The fraction of sp³-hybridized carbons (Fsp3) is 0.333. The SMILES string of the molecule is CS(C)(C)c1cn(Cc2ccc(-c3noc(C(F)(F)F)n3)cc2)nn1. The van der Waals surface area contributed by atoms with Crippen LogP contribution < -0.4 is 0 Å². The van der Waals surface area contributed by atoms with E-state index in [0.717, 1.165) is 10.6 Å². The molecular weight excluding hydrogens is 355 g/mol. The molecule has 0 aliphatic heterocycles. The molecule has 0 spiro atoms. The van der Waals surface area contributed by atoms with Crippen LogP contribution in [0.25, 0.3) is 11.4 Å². The molecule has 25 heavy (non-hydrogen) atoms. The number of halogens is 3. The largest absolute Gasteiger partial charge is 0.471 e. The highest BCUT2D eigenvalue weighted by atomic mass is 32.3. The van der Waals surface area contributed by atoms with E-state index in [-0.39, 0.29) is 5.82 Å². The quantitative estimate of drug-likeness (QED) is 0.703. The highest BCUT2D eigenvalue weighted by molar-refractivity contribution is 8.32. The summed E-state index contributed by atoms with van der Waals surface area (Å²) < 4.78 is 43.5. The minimum absolute atomic E-state index is 0.0988. The zero-order valence-electron chi connectivity index (χ0n) is 13.8. The maximum Gasteiger partial charge on any atom is 0.471 e. The van der Waals surface area contributed by atoms with E-state index in [1.54, 1.807) is 28.9 Å². The molecule has 0 N–H and O–H groups in total. The van der Waals surface area contributed by atoms with Gasteiger partial charge in [-0.2, -0.15) is 18.2 Å². The normalized spacial score (nSPS) is 13.2. The van der Waals surface area contributed by atoms with Crippen LogP contribution in [0, 0.1) is 0 Å². The summed E-state index contributed by atoms with van der Waals surface area (Å²) in [5.41, 5.74) is 1.38. The molecule has 0 bridgehead atoms. The first-order valence-electron chi connectivity index (χ1n) is 7.21. The monoisotopic (exact) mass is 371 g/mol. The lowest BCUT2D eigenvalue weighted by atomic mass is 10.1. The minimum Gasteiger partial charge on any atom is -0.329 e. The second kappa shape index (κ2) is 6.17. The predicted octanol–water partition coefficient (Wildman–Crippen LogP) is 3.45. The molecule has 3 aromatic rings. The first-order valence-corrected chi connectivity index (χ1v) is 10.1. The lowest BCUT2D eigenvalue weighted by molar-refractivity contribution is -0.159. The summed E-state index contributed by atoms with van der Waals surface area (Å²) in [7, 11) is -0.940. The third kappa shape index (κ3) is 4.01. The van der Waals surface area contributed by atoms with Crippen LogP contribution in [0.4, 0.5) is 13.2 Å². The maximum atomic E-state index is 12.5. The van der Waals surface area contributed by atoms with Crippen molar-refractivity contribution in [3.8, 4) is 11.4 Å². The summed E-state index contributed by atoms with van der Waals surface area (Å²) in [5.74, 6) is -1.45. The summed E-state index contributed by atoms with van der Waals surface area (Å²) in [6.07, 6.45) is 3.67. The Morgan fingerprint density at radius 3 is 2.32 bits per heavy atom. The molecule has 0 saturated heterocycles. The average Bonchev–Trinajstić information content (AvgIpc) is 3.15. The standard InChI is InChI=1S/C15H16F3N5OS/c1-25(2,3)12-9-23(22-20-12)8-10-4-6-11(7-5-10)13-19-14(24-21-13)15(16,17)18/h4-7,9H,8H2,1-3H3. The van der Waals surface area contributed by atoms with Gasteiger partial charge in [0.1, 0.15) is 5.03 Å². The van der Waals surface area contributed by atoms with Gasteiger partial charge >= 0.3 is 12.1 Å². The molecule has 134 valence electrons. The van der Waals surface area contributed by atoms with E-state index >= 15 is 0 Å². The first kappa shape index (κ1) is 17.5. The average molecular weight is 371 g/mol. The highest BCUT2D eigenvalue weighted by Gasteiger charge is 2.38. The summed E-state index contributed by atoms with van der Waals surface area (Å²) in [6.45, 7) is 0.517. The number of alkyl halides is 3. The molecule has 2 heterocycles. The van der Waals surface area contributed by atoms with Crippen molar-refractivity contribution >= 4 is 10.0 Å². The molecule has 2 aromatic heterocycles. The summed E-state index contributed by atoms with van der Waals surface area (Å²) in [5, 5.41) is 12.6. The molecule has 0 radical (unpaired) electrons. The number of rotatable bonds is 4. The van der Waals surface area contributed by atoms with Crippen LogP contribution in [0.1, 0.15) is 11.5 Å².